The van der Waals surface area contributed by atoms with E-state index < -0.39 is 0 Å². The summed E-state index contributed by atoms with van der Waals surface area (Å²) < 4.78 is 18.1. The van der Waals surface area contributed by atoms with E-state index in [4.69, 9.17) is 10.3 Å². The lowest BCUT2D eigenvalue weighted by Crippen LogP contribution is -1.94. The number of benzene rings is 1. The second-order valence-corrected chi connectivity index (χ2v) is 3.35. The van der Waals surface area contributed by atoms with Crippen molar-refractivity contribution in [2.24, 2.45) is 5.73 Å². The Morgan fingerprint density at radius 3 is 2.80 bits per heavy atom. The number of rotatable bonds is 2. The molecule has 1 heterocycles. The second kappa shape index (κ2) is 3.82. The van der Waals surface area contributed by atoms with E-state index in [1.807, 2.05) is 0 Å². The molecule has 2 N–H and O–H groups in total. The van der Waals surface area contributed by atoms with Gasteiger partial charge in [0.1, 0.15) is 5.82 Å². The number of halogens is 1. The topological polar surface area (TPSA) is 52.0 Å². The molecule has 0 unspecified atom stereocenters. The fourth-order valence-corrected chi connectivity index (χ4v) is 1.34. The highest BCUT2D eigenvalue weighted by Gasteiger charge is 2.07. The van der Waals surface area contributed by atoms with Crippen molar-refractivity contribution >= 4 is 0 Å². The molecule has 0 aliphatic rings. The summed E-state index contributed by atoms with van der Waals surface area (Å²) in [4.78, 5) is 0. The summed E-state index contributed by atoms with van der Waals surface area (Å²) in [5.74, 6) is 0.385. The molecule has 4 heteroatoms. The van der Waals surface area contributed by atoms with Crippen LogP contribution in [0.25, 0.3) is 11.3 Å². The van der Waals surface area contributed by atoms with Gasteiger partial charge < -0.3 is 10.3 Å². The van der Waals surface area contributed by atoms with Gasteiger partial charge in [0.15, 0.2) is 5.76 Å². The standard InChI is InChI=1S/C11H11FN2O/c1-7-4-8(2-3-10(7)12)11-5-9(6-13)14-15-11/h2-5H,6,13H2,1H3. The summed E-state index contributed by atoms with van der Waals surface area (Å²) >= 11 is 0. The third-order valence-corrected chi connectivity index (χ3v) is 2.21. The predicted molar refractivity (Wildman–Crippen MR) is 54.5 cm³/mol. The van der Waals surface area contributed by atoms with Gasteiger partial charge in [0.2, 0.25) is 0 Å². The SMILES string of the molecule is Cc1cc(-c2cc(CN)no2)ccc1F. The van der Waals surface area contributed by atoms with Crippen molar-refractivity contribution in [3.8, 4) is 11.3 Å². The van der Waals surface area contributed by atoms with Gasteiger partial charge in [-0.15, -0.1) is 0 Å². The number of aryl methyl sites for hydroxylation is 1. The monoisotopic (exact) mass is 206 g/mol. The normalized spacial score (nSPS) is 10.6. The molecule has 0 saturated heterocycles. The Bertz CT molecular complexity index is 479. The van der Waals surface area contributed by atoms with E-state index in [1.54, 1.807) is 25.1 Å². The summed E-state index contributed by atoms with van der Waals surface area (Å²) in [6.45, 7) is 2.04. The highest BCUT2D eigenvalue weighted by atomic mass is 19.1. The minimum atomic E-state index is -0.225. The first-order valence-electron chi connectivity index (χ1n) is 4.63. The fourth-order valence-electron chi connectivity index (χ4n) is 1.34. The van der Waals surface area contributed by atoms with Gasteiger partial charge in [-0.25, -0.2) is 4.39 Å². The Morgan fingerprint density at radius 1 is 1.40 bits per heavy atom. The summed E-state index contributed by atoms with van der Waals surface area (Å²) in [5.41, 5.74) is 7.49. The maximum atomic E-state index is 13.0. The molecule has 0 bridgehead atoms. The lowest BCUT2D eigenvalue weighted by atomic mass is 10.1. The Labute approximate surface area is 86.7 Å². The van der Waals surface area contributed by atoms with E-state index in [0.29, 0.717) is 23.6 Å². The number of hydrogen-bond acceptors (Lipinski definition) is 3. The van der Waals surface area contributed by atoms with Gasteiger partial charge in [0.25, 0.3) is 0 Å². The van der Waals surface area contributed by atoms with Crippen molar-refractivity contribution in [1.29, 1.82) is 0 Å². The smallest absolute Gasteiger partial charge is 0.167 e. The summed E-state index contributed by atoms with van der Waals surface area (Å²) in [6.07, 6.45) is 0. The summed E-state index contributed by atoms with van der Waals surface area (Å²) in [6, 6.07) is 6.54. The summed E-state index contributed by atoms with van der Waals surface area (Å²) in [5, 5.41) is 3.77. The number of hydrogen-bond donors (Lipinski definition) is 1. The average Bonchev–Trinajstić information content (AvgIpc) is 2.70. The largest absolute Gasteiger partial charge is 0.356 e. The molecule has 2 aromatic rings. The maximum absolute atomic E-state index is 13.0. The number of nitrogens with two attached hydrogens (primary N) is 1. The van der Waals surface area contributed by atoms with Gasteiger partial charge in [-0.05, 0) is 30.7 Å². The molecular formula is C11H11FN2O. The van der Waals surface area contributed by atoms with Crippen LogP contribution in [0.3, 0.4) is 0 Å². The minimum absolute atomic E-state index is 0.225. The Kier molecular flexibility index (Phi) is 2.51. The van der Waals surface area contributed by atoms with Crippen LogP contribution in [0.1, 0.15) is 11.3 Å². The van der Waals surface area contributed by atoms with E-state index in [1.165, 1.54) is 6.07 Å². The molecule has 0 radical (unpaired) electrons. The lowest BCUT2D eigenvalue weighted by Gasteiger charge is -1.98. The van der Waals surface area contributed by atoms with Crippen LogP contribution >= 0.6 is 0 Å². The van der Waals surface area contributed by atoms with Crippen molar-refractivity contribution in [2.75, 3.05) is 0 Å². The fraction of sp³-hybridized carbons (Fsp3) is 0.182. The molecule has 0 fully saturated rings. The molecule has 0 atom stereocenters. The van der Waals surface area contributed by atoms with Gasteiger partial charge >= 0.3 is 0 Å². The third kappa shape index (κ3) is 1.89. The molecule has 0 amide bonds. The van der Waals surface area contributed by atoms with E-state index >= 15 is 0 Å². The van der Waals surface area contributed by atoms with Crippen molar-refractivity contribution in [1.82, 2.24) is 5.16 Å². The van der Waals surface area contributed by atoms with Crippen LogP contribution in [0.4, 0.5) is 4.39 Å². The Hall–Kier alpha value is -1.68. The van der Waals surface area contributed by atoms with Crippen LogP contribution in [-0.2, 0) is 6.54 Å². The van der Waals surface area contributed by atoms with Crippen molar-refractivity contribution in [2.45, 2.75) is 13.5 Å². The van der Waals surface area contributed by atoms with Gasteiger partial charge in [-0.3, -0.25) is 0 Å². The number of aromatic nitrogens is 1. The van der Waals surface area contributed by atoms with Crippen molar-refractivity contribution in [3.63, 3.8) is 0 Å². The first-order valence-corrected chi connectivity index (χ1v) is 4.63. The molecule has 0 saturated carbocycles. The molecule has 78 valence electrons. The Balaban J connectivity index is 2.40. The quantitative estimate of drug-likeness (QED) is 0.819. The van der Waals surface area contributed by atoms with E-state index in [2.05, 4.69) is 5.16 Å². The second-order valence-electron chi connectivity index (χ2n) is 3.35. The highest BCUT2D eigenvalue weighted by Crippen LogP contribution is 2.22. The molecule has 15 heavy (non-hydrogen) atoms. The van der Waals surface area contributed by atoms with Gasteiger partial charge in [-0.2, -0.15) is 0 Å². The van der Waals surface area contributed by atoms with Crippen molar-refractivity contribution < 1.29 is 8.91 Å². The van der Waals surface area contributed by atoms with Crippen LogP contribution < -0.4 is 5.73 Å². The molecule has 1 aromatic heterocycles. The van der Waals surface area contributed by atoms with Crippen LogP contribution in [-0.4, -0.2) is 5.16 Å². The van der Waals surface area contributed by atoms with Crippen LogP contribution in [0, 0.1) is 12.7 Å². The zero-order valence-electron chi connectivity index (χ0n) is 8.33. The van der Waals surface area contributed by atoms with E-state index in [0.717, 1.165) is 5.56 Å². The summed E-state index contributed by atoms with van der Waals surface area (Å²) in [7, 11) is 0. The average molecular weight is 206 g/mol. The predicted octanol–water partition coefficient (Wildman–Crippen LogP) is 2.25. The minimum Gasteiger partial charge on any atom is -0.356 e. The zero-order valence-corrected chi connectivity index (χ0v) is 8.33. The third-order valence-electron chi connectivity index (χ3n) is 2.21. The van der Waals surface area contributed by atoms with E-state index in [9.17, 15) is 4.39 Å². The van der Waals surface area contributed by atoms with Crippen molar-refractivity contribution in [3.05, 3.63) is 41.3 Å². The van der Waals surface area contributed by atoms with Gasteiger partial charge in [0.05, 0.1) is 5.69 Å². The van der Waals surface area contributed by atoms with Crippen LogP contribution in [0.5, 0.6) is 0 Å². The first kappa shape index (κ1) is 9.86. The molecule has 1 aromatic carbocycles. The van der Waals surface area contributed by atoms with Gasteiger partial charge in [-0.1, -0.05) is 5.16 Å². The van der Waals surface area contributed by atoms with Crippen LogP contribution in [0.2, 0.25) is 0 Å². The molecule has 2 rings (SSSR count). The molecule has 0 spiro atoms. The molecule has 0 aliphatic heterocycles. The molecule has 3 nitrogen and oxygen atoms in total. The maximum Gasteiger partial charge on any atom is 0.167 e. The molecule has 0 aliphatic carbocycles. The van der Waals surface area contributed by atoms with Crippen LogP contribution in [0.15, 0.2) is 28.8 Å². The number of nitrogens with zero attached hydrogens (tertiary/aromatic N) is 1. The lowest BCUT2D eigenvalue weighted by molar-refractivity contribution is 0.424. The van der Waals surface area contributed by atoms with Gasteiger partial charge in [0, 0.05) is 18.2 Å². The van der Waals surface area contributed by atoms with E-state index in [-0.39, 0.29) is 5.82 Å². The first-order chi connectivity index (χ1) is 7.20. The Morgan fingerprint density at radius 2 is 2.20 bits per heavy atom. The molecular weight excluding hydrogens is 195 g/mol. The zero-order chi connectivity index (χ0) is 10.8. The highest BCUT2D eigenvalue weighted by molar-refractivity contribution is 5.58.